The summed E-state index contributed by atoms with van der Waals surface area (Å²) in [7, 11) is 2.05. The maximum Gasteiger partial charge on any atom is 0.262 e. The van der Waals surface area contributed by atoms with Crippen LogP contribution in [-0.4, -0.2) is 37.0 Å². The molecule has 1 N–H and O–H groups in total. The van der Waals surface area contributed by atoms with Crippen LogP contribution in [0.25, 0.3) is 0 Å². The molecule has 0 radical (unpaired) electrons. The molecule has 1 unspecified atom stereocenters. The van der Waals surface area contributed by atoms with E-state index in [4.69, 9.17) is 11.6 Å². The molecule has 0 aliphatic carbocycles. The lowest BCUT2D eigenvalue weighted by atomic mass is 10.1. The average molecular weight is 203 g/mol. The molecular weight excluding hydrogens is 188 g/mol. The average Bonchev–Trinajstić information content (AvgIpc) is 2.04. The second-order valence-corrected chi connectivity index (χ2v) is 3.94. The number of hydrogen-bond donors (Lipinski definition) is 1. The van der Waals surface area contributed by atoms with Gasteiger partial charge in [0.15, 0.2) is 0 Å². The molecule has 0 aromatic heterocycles. The van der Waals surface area contributed by atoms with Gasteiger partial charge in [-0.2, -0.15) is 0 Å². The van der Waals surface area contributed by atoms with Crippen molar-refractivity contribution >= 4 is 17.5 Å². The molecule has 1 rings (SSSR count). The van der Waals surface area contributed by atoms with Crippen LogP contribution >= 0.6 is 11.6 Å². The smallest absolute Gasteiger partial charge is 0.262 e. The van der Waals surface area contributed by atoms with Crippen LogP contribution in [0.5, 0.6) is 0 Å². The number of halogens is 1. The van der Waals surface area contributed by atoms with Crippen LogP contribution in [0, 0.1) is 0 Å². The number of nitrogens with one attached hydrogen (secondary N) is 1. The first kappa shape index (κ1) is 10.5. The quantitative estimate of drug-likeness (QED) is 0.677. The van der Waals surface area contributed by atoms with E-state index in [1.807, 2.05) is 7.05 Å². The number of rotatable bonds is 2. The molecule has 3 nitrogen and oxygen atoms in total. The number of hydrogen-bond acceptors (Lipinski definition) is 2. The standard InChI is InChI=1S/C9H15ClN2O/c1-7(10)9(13)11-8-4-3-5-12(2)6-8/h8H,1,3-6H2,2H3,(H,11,13). The van der Waals surface area contributed by atoms with Crippen molar-refractivity contribution in [2.75, 3.05) is 20.1 Å². The van der Waals surface area contributed by atoms with E-state index in [0.717, 1.165) is 25.9 Å². The molecule has 1 amide bonds. The van der Waals surface area contributed by atoms with Gasteiger partial charge in [0, 0.05) is 12.6 Å². The van der Waals surface area contributed by atoms with E-state index < -0.39 is 0 Å². The van der Waals surface area contributed by atoms with Gasteiger partial charge in [0.25, 0.3) is 5.91 Å². The molecule has 13 heavy (non-hydrogen) atoms. The summed E-state index contributed by atoms with van der Waals surface area (Å²) in [5.74, 6) is -0.248. The Hall–Kier alpha value is -0.540. The third-order valence-electron chi connectivity index (χ3n) is 2.21. The zero-order valence-electron chi connectivity index (χ0n) is 7.85. The minimum absolute atomic E-state index is 0.0632. The lowest BCUT2D eigenvalue weighted by Gasteiger charge is -2.30. The molecule has 1 atom stereocenters. The largest absolute Gasteiger partial charge is 0.347 e. The fraction of sp³-hybridized carbons (Fsp3) is 0.667. The topological polar surface area (TPSA) is 32.3 Å². The van der Waals surface area contributed by atoms with Gasteiger partial charge in [-0.3, -0.25) is 4.79 Å². The van der Waals surface area contributed by atoms with Gasteiger partial charge in [-0.15, -0.1) is 0 Å². The summed E-state index contributed by atoms with van der Waals surface area (Å²) in [6, 6.07) is 0.224. The molecular formula is C9H15ClN2O. The number of piperidine rings is 1. The molecule has 0 bridgehead atoms. The lowest BCUT2D eigenvalue weighted by Crippen LogP contribution is -2.46. The van der Waals surface area contributed by atoms with E-state index in [9.17, 15) is 4.79 Å². The Balaban J connectivity index is 2.36. The minimum Gasteiger partial charge on any atom is -0.347 e. The van der Waals surface area contributed by atoms with Gasteiger partial charge in [0.2, 0.25) is 0 Å². The Kier molecular flexibility index (Phi) is 3.75. The highest BCUT2D eigenvalue weighted by Crippen LogP contribution is 2.08. The minimum atomic E-state index is -0.248. The van der Waals surface area contributed by atoms with Crippen molar-refractivity contribution < 1.29 is 4.79 Å². The highest BCUT2D eigenvalue weighted by atomic mass is 35.5. The monoisotopic (exact) mass is 202 g/mol. The summed E-state index contributed by atoms with van der Waals surface area (Å²) in [4.78, 5) is 13.4. The first-order valence-electron chi connectivity index (χ1n) is 4.43. The highest BCUT2D eigenvalue weighted by Gasteiger charge is 2.19. The second-order valence-electron chi connectivity index (χ2n) is 3.48. The van der Waals surface area contributed by atoms with E-state index >= 15 is 0 Å². The van der Waals surface area contributed by atoms with Gasteiger partial charge >= 0.3 is 0 Å². The number of amides is 1. The normalized spacial score (nSPS) is 24.0. The van der Waals surface area contributed by atoms with Crippen molar-refractivity contribution in [3.05, 3.63) is 11.6 Å². The van der Waals surface area contributed by atoms with Gasteiger partial charge in [-0.25, -0.2) is 0 Å². The molecule has 1 saturated heterocycles. The summed E-state index contributed by atoms with van der Waals surface area (Å²) in [5, 5.41) is 2.90. The van der Waals surface area contributed by atoms with Crippen molar-refractivity contribution in [2.24, 2.45) is 0 Å². The van der Waals surface area contributed by atoms with Crippen LogP contribution < -0.4 is 5.32 Å². The zero-order chi connectivity index (χ0) is 9.84. The van der Waals surface area contributed by atoms with Gasteiger partial charge in [0.05, 0.1) is 5.03 Å². The van der Waals surface area contributed by atoms with Crippen molar-refractivity contribution in [3.63, 3.8) is 0 Å². The van der Waals surface area contributed by atoms with Crippen molar-refractivity contribution in [2.45, 2.75) is 18.9 Å². The van der Waals surface area contributed by atoms with E-state index in [-0.39, 0.29) is 17.0 Å². The Bertz CT molecular complexity index is 218. The molecule has 1 aliphatic heterocycles. The van der Waals surface area contributed by atoms with E-state index in [2.05, 4.69) is 16.8 Å². The Morgan fingerprint density at radius 3 is 2.92 bits per heavy atom. The summed E-state index contributed by atoms with van der Waals surface area (Å²) < 4.78 is 0. The van der Waals surface area contributed by atoms with Crippen LogP contribution in [0.4, 0.5) is 0 Å². The van der Waals surface area contributed by atoms with Crippen LogP contribution in [-0.2, 0) is 4.79 Å². The molecule has 1 aliphatic rings. The Labute approximate surface area is 83.7 Å². The molecule has 1 fully saturated rings. The number of likely N-dealkylation sites (N-methyl/N-ethyl adjacent to an activating group) is 1. The third kappa shape index (κ3) is 3.36. The van der Waals surface area contributed by atoms with Crippen LogP contribution in [0.2, 0.25) is 0 Å². The highest BCUT2D eigenvalue weighted by molar-refractivity contribution is 6.41. The number of carbonyl (C=O) groups is 1. The maximum absolute atomic E-state index is 11.2. The van der Waals surface area contributed by atoms with Gasteiger partial charge in [-0.05, 0) is 26.4 Å². The van der Waals surface area contributed by atoms with Gasteiger partial charge < -0.3 is 10.2 Å². The van der Waals surface area contributed by atoms with E-state index in [1.165, 1.54) is 0 Å². The predicted molar refractivity (Wildman–Crippen MR) is 53.7 cm³/mol. The van der Waals surface area contributed by atoms with E-state index in [1.54, 1.807) is 0 Å². The Morgan fingerprint density at radius 2 is 2.38 bits per heavy atom. The molecule has 0 saturated carbocycles. The Morgan fingerprint density at radius 1 is 1.69 bits per heavy atom. The molecule has 0 spiro atoms. The fourth-order valence-corrected chi connectivity index (χ4v) is 1.60. The number of carbonyl (C=O) groups excluding carboxylic acids is 1. The first-order valence-corrected chi connectivity index (χ1v) is 4.81. The number of nitrogens with zero attached hydrogens (tertiary/aromatic N) is 1. The van der Waals surface area contributed by atoms with Gasteiger partial charge in [-0.1, -0.05) is 18.2 Å². The molecule has 0 aromatic rings. The number of likely N-dealkylation sites (tertiary alicyclic amines) is 1. The van der Waals surface area contributed by atoms with E-state index in [0.29, 0.717) is 0 Å². The van der Waals surface area contributed by atoms with Crippen LogP contribution in [0.15, 0.2) is 11.6 Å². The maximum atomic E-state index is 11.2. The molecule has 74 valence electrons. The third-order valence-corrected chi connectivity index (χ3v) is 2.38. The lowest BCUT2D eigenvalue weighted by molar-refractivity contribution is -0.117. The fourth-order valence-electron chi connectivity index (χ4n) is 1.55. The summed E-state index contributed by atoms with van der Waals surface area (Å²) in [6.45, 7) is 5.38. The SMILES string of the molecule is C=C(Cl)C(=O)NC1CCCN(C)C1. The van der Waals surface area contributed by atoms with Crippen molar-refractivity contribution in [1.29, 1.82) is 0 Å². The van der Waals surface area contributed by atoms with Gasteiger partial charge in [0.1, 0.15) is 0 Å². The second kappa shape index (κ2) is 4.63. The molecule has 4 heteroatoms. The molecule has 0 aromatic carbocycles. The predicted octanol–water partition coefficient (Wildman–Crippen LogP) is 0.949. The van der Waals surface area contributed by atoms with Crippen LogP contribution in [0.3, 0.4) is 0 Å². The summed E-state index contributed by atoms with van der Waals surface area (Å²) >= 11 is 5.46. The summed E-state index contributed by atoms with van der Waals surface area (Å²) in [6.07, 6.45) is 2.15. The first-order chi connectivity index (χ1) is 6.09. The summed E-state index contributed by atoms with van der Waals surface area (Å²) in [5.41, 5.74) is 0. The molecule has 1 heterocycles. The zero-order valence-corrected chi connectivity index (χ0v) is 8.60. The van der Waals surface area contributed by atoms with Crippen molar-refractivity contribution in [3.8, 4) is 0 Å². The van der Waals surface area contributed by atoms with Crippen molar-refractivity contribution in [1.82, 2.24) is 10.2 Å². The van der Waals surface area contributed by atoms with Crippen LogP contribution in [0.1, 0.15) is 12.8 Å².